The van der Waals surface area contributed by atoms with E-state index in [2.05, 4.69) is 33.2 Å². The van der Waals surface area contributed by atoms with Crippen LogP contribution in [0.15, 0.2) is 65.7 Å². The molecule has 146 valence electrons. The molecule has 0 aliphatic carbocycles. The number of fused-ring (bicyclic) bond motifs is 3. The van der Waals surface area contributed by atoms with Crippen LogP contribution < -0.4 is 5.56 Å². The molecule has 0 radical (unpaired) electrons. The van der Waals surface area contributed by atoms with Crippen LogP contribution in [0.5, 0.6) is 0 Å². The van der Waals surface area contributed by atoms with Crippen LogP contribution in [0.1, 0.15) is 22.4 Å². The molecular formula is C23H23N5O. The van der Waals surface area contributed by atoms with Crippen molar-refractivity contribution in [3.8, 4) is 0 Å². The summed E-state index contributed by atoms with van der Waals surface area (Å²) in [5, 5.41) is 5.36. The van der Waals surface area contributed by atoms with Gasteiger partial charge in [0.2, 0.25) is 0 Å². The zero-order chi connectivity index (χ0) is 19.8. The smallest absolute Gasteiger partial charge is 0.257 e. The van der Waals surface area contributed by atoms with Gasteiger partial charge >= 0.3 is 0 Å². The van der Waals surface area contributed by atoms with Gasteiger partial charge in [0.05, 0.1) is 12.2 Å². The van der Waals surface area contributed by atoms with Crippen molar-refractivity contribution < 1.29 is 0 Å². The van der Waals surface area contributed by atoms with Gasteiger partial charge in [0.15, 0.2) is 0 Å². The molecule has 5 rings (SSSR count). The van der Waals surface area contributed by atoms with Gasteiger partial charge in [-0.2, -0.15) is 5.10 Å². The lowest BCUT2D eigenvalue weighted by Gasteiger charge is -2.29. The van der Waals surface area contributed by atoms with Crippen LogP contribution in [0.4, 0.5) is 0 Å². The highest BCUT2D eigenvalue weighted by Crippen LogP contribution is 2.25. The van der Waals surface area contributed by atoms with E-state index in [-0.39, 0.29) is 5.56 Å². The topological polar surface area (TPSA) is 56.0 Å². The molecular weight excluding hydrogens is 362 g/mol. The minimum atomic E-state index is 0.0739. The number of nitrogens with zero attached hydrogens (tertiary/aromatic N) is 5. The lowest BCUT2D eigenvalue weighted by Crippen LogP contribution is -2.37. The fraction of sp³-hybridized carbons (Fsp3) is 0.261. The molecule has 0 spiro atoms. The Kier molecular flexibility index (Phi) is 4.48. The Bertz CT molecular complexity index is 1230. The molecule has 1 aliphatic heterocycles. The van der Waals surface area contributed by atoms with Crippen molar-refractivity contribution in [2.75, 3.05) is 6.54 Å². The van der Waals surface area contributed by atoms with Gasteiger partial charge in [-0.15, -0.1) is 0 Å². The van der Waals surface area contributed by atoms with Crippen LogP contribution in [0, 0.1) is 0 Å². The minimum absolute atomic E-state index is 0.0739. The summed E-state index contributed by atoms with van der Waals surface area (Å²) in [6, 6.07) is 16.2. The van der Waals surface area contributed by atoms with Crippen molar-refractivity contribution in [1.82, 2.24) is 24.2 Å². The van der Waals surface area contributed by atoms with E-state index in [0.29, 0.717) is 13.1 Å². The van der Waals surface area contributed by atoms with Crippen molar-refractivity contribution in [3.05, 3.63) is 93.7 Å². The van der Waals surface area contributed by atoms with Gasteiger partial charge in [-0.1, -0.05) is 30.3 Å². The molecule has 0 saturated heterocycles. The third kappa shape index (κ3) is 3.25. The van der Waals surface area contributed by atoms with E-state index in [1.807, 2.05) is 52.8 Å². The fourth-order valence-corrected chi connectivity index (χ4v) is 4.25. The highest BCUT2D eigenvalue weighted by molar-refractivity contribution is 5.80. The molecule has 0 atom stereocenters. The van der Waals surface area contributed by atoms with Gasteiger partial charge in [-0.25, -0.2) is 4.98 Å². The van der Waals surface area contributed by atoms with Crippen LogP contribution >= 0.6 is 0 Å². The molecule has 4 aromatic rings. The quantitative estimate of drug-likeness (QED) is 0.542. The molecule has 0 unspecified atom stereocenters. The van der Waals surface area contributed by atoms with E-state index in [9.17, 15) is 4.79 Å². The van der Waals surface area contributed by atoms with Crippen molar-refractivity contribution in [3.63, 3.8) is 0 Å². The number of hydrogen-bond donors (Lipinski definition) is 0. The lowest BCUT2D eigenvalue weighted by molar-refractivity contribution is 0.238. The zero-order valence-corrected chi connectivity index (χ0v) is 16.5. The van der Waals surface area contributed by atoms with E-state index in [1.54, 1.807) is 6.20 Å². The Morgan fingerprint density at radius 1 is 0.966 bits per heavy atom. The summed E-state index contributed by atoms with van der Waals surface area (Å²) in [5.74, 6) is 0. The molecule has 1 aromatic carbocycles. The van der Waals surface area contributed by atoms with Gasteiger partial charge in [-0.3, -0.25) is 18.9 Å². The molecule has 0 amide bonds. The molecule has 0 saturated carbocycles. The second kappa shape index (κ2) is 7.29. The van der Waals surface area contributed by atoms with Crippen LogP contribution in [0.3, 0.4) is 0 Å². The zero-order valence-electron chi connectivity index (χ0n) is 16.5. The first-order valence-corrected chi connectivity index (χ1v) is 9.93. The molecule has 1 aliphatic rings. The Labute approximate surface area is 169 Å². The van der Waals surface area contributed by atoms with Crippen LogP contribution in [0.2, 0.25) is 0 Å². The van der Waals surface area contributed by atoms with Gasteiger partial charge in [0, 0.05) is 50.0 Å². The third-order valence-electron chi connectivity index (χ3n) is 5.79. The minimum Gasteiger partial charge on any atom is -0.293 e. The van der Waals surface area contributed by atoms with Crippen LogP contribution in [-0.2, 0) is 33.1 Å². The summed E-state index contributed by atoms with van der Waals surface area (Å²) in [7, 11) is 1.96. The largest absolute Gasteiger partial charge is 0.293 e. The van der Waals surface area contributed by atoms with Crippen LogP contribution in [0.25, 0.3) is 11.0 Å². The van der Waals surface area contributed by atoms with Crippen LogP contribution in [-0.4, -0.2) is 30.8 Å². The average molecular weight is 385 g/mol. The highest BCUT2D eigenvalue weighted by atomic mass is 16.1. The monoisotopic (exact) mass is 385 g/mol. The van der Waals surface area contributed by atoms with E-state index >= 15 is 0 Å². The van der Waals surface area contributed by atoms with Gasteiger partial charge in [-0.05, 0) is 35.7 Å². The number of aromatic nitrogens is 4. The molecule has 6 heteroatoms. The van der Waals surface area contributed by atoms with Gasteiger partial charge in [0.25, 0.3) is 5.56 Å². The Morgan fingerprint density at radius 2 is 1.83 bits per heavy atom. The molecule has 0 fully saturated rings. The van der Waals surface area contributed by atoms with E-state index in [1.165, 1.54) is 0 Å². The average Bonchev–Trinajstić information content (AvgIpc) is 3.16. The number of benzene rings is 1. The summed E-state index contributed by atoms with van der Waals surface area (Å²) in [4.78, 5) is 20.4. The van der Waals surface area contributed by atoms with Gasteiger partial charge in [0.1, 0.15) is 5.65 Å². The second-order valence-electron chi connectivity index (χ2n) is 7.62. The number of hydrogen-bond acceptors (Lipinski definition) is 4. The summed E-state index contributed by atoms with van der Waals surface area (Å²) in [6.45, 7) is 2.89. The Hall–Kier alpha value is -3.25. The first-order valence-electron chi connectivity index (χ1n) is 9.93. The predicted octanol–water partition coefficient (Wildman–Crippen LogP) is 2.74. The first kappa shape index (κ1) is 17.8. The SMILES string of the molecule is Cn1nccc1CN1CCc2c(c(=O)n(Cc3ccccc3)c3ncccc23)C1. The van der Waals surface area contributed by atoms with Crippen molar-refractivity contribution in [2.24, 2.45) is 7.05 Å². The van der Waals surface area contributed by atoms with E-state index in [0.717, 1.165) is 52.9 Å². The summed E-state index contributed by atoms with van der Waals surface area (Å²) >= 11 is 0. The maximum Gasteiger partial charge on any atom is 0.257 e. The molecule has 3 aromatic heterocycles. The predicted molar refractivity (Wildman–Crippen MR) is 113 cm³/mol. The Balaban J connectivity index is 1.58. The van der Waals surface area contributed by atoms with Crippen molar-refractivity contribution >= 4 is 11.0 Å². The number of rotatable bonds is 4. The molecule has 29 heavy (non-hydrogen) atoms. The van der Waals surface area contributed by atoms with Crippen molar-refractivity contribution in [2.45, 2.75) is 26.1 Å². The fourth-order valence-electron chi connectivity index (χ4n) is 4.25. The van der Waals surface area contributed by atoms with E-state index < -0.39 is 0 Å². The van der Waals surface area contributed by atoms with Gasteiger partial charge < -0.3 is 0 Å². The maximum atomic E-state index is 13.5. The summed E-state index contributed by atoms with van der Waals surface area (Å²) in [6.07, 6.45) is 4.45. The normalized spacial score (nSPS) is 14.2. The number of aryl methyl sites for hydroxylation is 1. The highest BCUT2D eigenvalue weighted by Gasteiger charge is 2.24. The second-order valence-corrected chi connectivity index (χ2v) is 7.62. The molecule has 6 nitrogen and oxygen atoms in total. The third-order valence-corrected chi connectivity index (χ3v) is 5.79. The standard InChI is InChI=1S/C23H23N5O/c1-26-18(9-12-25-26)15-27-13-10-19-20-8-5-11-24-22(20)28(23(29)21(19)16-27)14-17-6-3-2-4-7-17/h2-9,11-12H,10,13-16H2,1H3. The molecule has 0 N–H and O–H groups in total. The van der Waals surface area contributed by atoms with Crippen molar-refractivity contribution in [1.29, 1.82) is 0 Å². The van der Waals surface area contributed by atoms with E-state index in [4.69, 9.17) is 0 Å². The first-order chi connectivity index (χ1) is 14.2. The maximum absolute atomic E-state index is 13.5. The molecule has 4 heterocycles. The summed E-state index contributed by atoms with van der Waals surface area (Å²) in [5.41, 5.74) is 5.16. The lowest BCUT2D eigenvalue weighted by atomic mass is 9.97. The Morgan fingerprint density at radius 3 is 2.62 bits per heavy atom. The molecule has 0 bridgehead atoms. The number of pyridine rings is 2. The summed E-state index contributed by atoms with van der Waals surface area (Å²) < 4.78 is 3.73.